The van der Waals surface area contributed by atoms with Gasteiger partial charge in [0.1, 0.15) is 17.6 Å². The first-order valence-corrected chi connectivity index (χ1v) is 13.9. The summed E-state index contributed by atoms with van der Waals surface area (Å²) in [6, 6.07) is 15.2. The second-order valence-electron chi connectivity index (χ2n) is 8.91. The molecule has 0 bridgehead atoms. The molecule has 2 aromatic carbocycles. The number of aromatic nitrogens is 2. The molecular formula is C26H26Cl4N4O5. The van der Waals surface area contributed by atoms with E-state index in [-0.39, 0.29) is 41.6 Å². The molecule has 2 N–H and O–H groups in total. The minimum Gasteiger partial charge on any atom is -0.384 e. The Labute approximate surface area is 245 Å². The minimum absolute atomic E-state index is 0.0558. The number of ether oxygens (including phenoxy) is 2. The first-order valence-electron chi connectivity index (χ1n) is 12.1. The highest BCUT2D eigenvalue weighted by Crippen LogP contribution is 2.37. The lowest BCUT2D eigenvalue weighted by Crippen LogP contribution is -2.24. The van der Waals surface area contributed by atoms with E-state index in [0.29, 0.717) is 36.4 Å². The van der Waals surface area contributed by atoms with Crippen molar-refractivity contribution in [2.75, 3.05) is 19.1 Å². The Morgan fingerprint density at radius 3 is 2.10 bits per heavy atom. The van der Waals surface area contributed by atoms with Gasteiger partial charge in [-0.1, -0.05) is 57.8 Å². The molecule has 5 rings (SSSR count). The number of rotatable bonds is 7. The molecule has 0 spiro atoms. The van der Waals surface area contributed by atoms with Crippen molar-refractivity contribution in [3.8, 4) is 0 Å². The highest BCUT2D eigenvalue weighted by atomic mass is 35.5. The largest absolute Gasteiger partial charge is 0.384 e. The zero-order valence-electron chi connectivity index (χ0n) is 20.6. The van der Waals surface area contributed by atoms with Gasteiger partial charge in [-0.25, -0.2) is 4.79 Å². The van der Waals surface area contributed by atoms with E-state index in [9.17, 15) is 4.79 Å². The first kappa shape index (κ1) is 29.6. The molecular weight excluding hydrogens is 590 g/mol. The van der Waals surface area contributed by atoms with Crippen LogP contribution in [-0.4, -0.2) is 41.0 Å². The number of hydrogen-bond acceptors (Lipinski definition) is 8. The highest BCUT2D eigenvalue weighted by Gasteiger charge is 2.31. The number of nitrogens with two attached hydrogens (primary N) is 1. The van der Waals surface area contributed by atoms with E-state index in [1.54, 1.807) is 0 Å². The molecule has 0 radical (unpaired) electrons. The Morgan fingerprint density at radius 1 is 0.949 bits per heavy atom. The van der Waals surface area contributed by atoms with Crippen molar-refractivity contribution in [1.29, 1.82) is 0 Å². The van der Waals surface area contributed by atoms with Gasteiger partial charge in [0.2, 0.25) is 5.89 Å². The van der Waals surface area contributed by atoms with Crippen LogP contribution in [0, 0.1) is 5.92 Å². The number of alkyl halides is 2. The third-order valence-electron chi connectivity index (χ3n) is 6.22. The van der Waals surface area contributed by atoms with Crippen LogP contribution in [0.25, 0.3) is 0 Å². The molecule has 0 aliphatic carbocycles. The normalized spacial score (nSPS) is 22.8. The number of amidine groups is 1. The Morgan fingerprint density at radius 2 is 1.54 bits per heavy atom. The van der Waals surface area contributed by atoms with Crippen molar-refractivity contribution in [2.24, 2.45) is 16.8 Å². The third-order valence-corrected chi connectivity index (χ3v) is 7.17. The second kappa shape index (κ2) is 14.3. The molecule has 2 saturated heterocycles. The molecule has 0 amide bonds. The highest BCUT2D eigenvalue weighted by molar-refractivity contribution is 6.30. The van der Waals surface area contributed by atoms with E-state index in [0.717, 1.165) is 22.6 Å². The lowest BCUT2D eigenvalue weighted by atomic mass is 10.00. The standard InChI is InChI=1S/C13H14Cl2N2O3.C13H12Cl2N2O2/c14-6-12(18)20-17-13(16)9-5-11(19-7-9)8-1-3-10(15)4-2-8;14-6-12-16-13(17-19-12)9-5-11(18-7-9)8-1-3-10(15)4-2-8/h1-4,9,11H,5-7H2,(H2,16,17);1-4,9,11H,5-7H2/t2*9-,11+/m00/s1. The van der Waals surface area contributed by atoms with Gasteiger partial charge in [-0.15, -0.1) is 23.2 Å². The number of hydrogen-bond donors (Lipinski definition) is 1. The van der Waals surface area contributed by atoms with Crippen molar-refractivity contribution in [2.45, 2.75) is 36.8 Å². The molecule has 3 aromatic rings. The van der Waals surface area contributed by atoms with Crippen LogP contribution in [0.2, 0.25) is 10.0 Å². The van der Waals surface area contributed by atoms with Gasteiger partial charge < -0.3 is 24.6 Å². The van der Waals surface area contributed by atoms with Gasteiger partial charge >= 0.3 is 5.97 Å². The number of oxime groups is 1. The number of nitrogens with zero attached hydrogens (tertiary/aromatic N) is 3. The molecule has 39 heavy (non-hydrogen) atoms. The van der Waals surface area contributed by atoms with Crippen molar-refractivity contribution in [3.63, 3.8) is 0 Å². The van der Waals surface area contributed by atoms with Crippen molar-refractivity contribution < 1.29 is 23.6 Å². The predicted molar refractivity (Wildman–Crippen MR) is 148 cm³/mol. The van der Waals surface area contributed by atoms with Gasteiger partial charge in [-0.05, 0) is 48.2 Å². The zero-order chi connectivity index (χ0) is 27.8. The molecule has 2 aliphatic rings. The van der Waals surface area contributed by atoms with Crippen LogP contribution in [-0.2, 0) is 25.0 Å². The fourth-order valence-electron chi connectivity index (χ4n) is 4.15. The molecule has 3 heterocycles. The Hall–Kier alpha value is -2.40. The summed E-state index contributed by atoms with van der Waals surface area (Å²) in [5.41, 5.74) is 7.92. The molecule has 1 aromatic heterocycles. The summed E-state index contributed by atoms with van der Waals surface area (Å²) in [6.45, 7) is 1.02. The van der Waals surface area contributed by atoms with E-state index >= 15 is 0 Å². The fourth-order valence-corrected chi connectivity index (χ4v) is 4.56. The Balaban J connectivity index is 0.000000181. The van der Waals surface area contributed by atoms with Gasteiger partial charge in [0, 0.05) is 21.9 Å². The molecule has 4 atom stereocenters. The molecule has 13 heteroatoms. The third kappa shape index (κ3) is 8.30. The minimum atomic E-state index is -0.636. The topological polar surface area (TPSA) is 122 Å². The molecule has 2 aliphatic heterocycles. The van der Waals surface area contributed by atoms with Crippen LogP contribution in [0.3, 0.4) is 0 Å². The summed E-state index contributed by atoms with van der Waals surface area (Å²) in [6.07, 6.45) is 1.51. The van der Waals surface area contributed by atoms with Crippen LogP contribution < -0.4 is 5.73 Å². The Kier molecular flexibility index (Phi) is 10.8. The van der Waals surface area contributed by atoms with Crippen molar-refractivity contribution in [1.82, 2.24) is 10.1 Å². The van der Waals surface area contributed by atoms with E-state index in [1.165, 1.54) is 0 Å². The van der Waals surface area contributed by atoms with Gasteiger partial charge in [0.15, 0.2) is 5.82 Å². The fraction of sp³-hybridized carbons (Fsp3) is 0.385. The summed E-state index contributed by atoms with van der Waals surface area (Å²) in [7, 11) is 0. The summed E-state index contributed by atoms with van der Waals surface area (Å²) >= 11 is 22.7. The number of halogens is 4. The lowest BCUT2D eigenvalue weighted by Gasteiger charge is -2.09. The molecule has 208 valence electrons. The van der Waals surface area contributed by atoms with E-state index < -0.39 is 5.97 Å². The van der Waals surface area contributed by atoms with Crippen LogP contribution in [0.1, 0.15) is 53.8 Å². The first-order chi connectivity index (χ1) is 18.9. The van der Waals surface area contributed by atoms with Gasteiger partial charge in [-0.2, -0.15) is 4.98 Å². The van der Waals surface area contributed by atoms with Gasteiger partial charge in [0.05, 0.1) is 25.4 Å². The van der Waals surface area contributed by atoms with Crippen LogP contribution >= 0.6 is 46.4 Å². The summed E-state index contributed by atoms with van der Waals surface area (Å²) in [5.74, 6) is 0.772. The molecule has 9 nitrogen and oxygen atoms in total. The second-order valence-corrected chi connectivity index (χ2v) is 10.3. The average Bonchev–Trinajstić information content (AvgIpc) is 3.73. The number of carbonyl (C=O) groups excluding carboxylic acids is 1. The van der Waals surface area contributed by atoms with E-state index in [1.807, 2.05) is 48.5 Å². The maximum Gasteiger partial charge on any atom is 0.349 e. The smallest absolute Gasteiger partial charge is 0.349 e. The SMILES string of the molecule is ClCc1nc([C@@H]2CO[C@@H](c3ccc(Cl)cc3)C2)no1.N/C(=N/OC(=O)CCl)[C@@H]1CO[C@@H](c2ccc(Cl)cc2)C1. The quantitative estimate of drug-likeness (QED) is 0.110. The summed E-state index contributed by atoms with van der Waals surface area (Å²) in [4.78, 5) is 19.7. The monoisotopic (exact) mass is 614 g/mol. The van der Waals surface area contributed by atoms with Crippen LogP contribution in [0.15, 0.2) is 58.2 Å². The molecule has 0 unspecified atom stereocenters. The van der Waals surface area contributed by atoms with Gasteiger partial charge in [-0.3, -0.25) is 0 Å². The summed E-state index contributed by atoms with van der Waals surface area (Å²) in [5, 5.41) is 8.92. The number of benzene rings is 2. The van der Waals surface area contributed by atoms with Crippen LogP contribution in [0.4, 0.5) is 0 Å². The number of carbonyl (C=O) groups is 1. The zero-order valence-corrected chi connectivity index (χ0v) is 23.7. The average molecular weight is 616 g/mol. The maximum atomic E-state index is 10.9. The lowest BCUT2D eigenvalue weighted by molar-refractivity contribution is -0.140. The summed E-state index contributed by atoms with van der Waals surface area (Å²) < 4.78 is 16.5. The molecule has 2 fully saturated rings. The predicted octanol–water partition coefficient (Wildman–Crippen LogP) is 6.18. The van der Waals surface area contributed by atoms with Crippen molar-refractivity contribution >= 4 is 58.2 Å². The van der Waals surface area contributed by atoms with E-state index in [4.69, 9.17) is 66.1 Å². The Bertz CT molecular complexity index is 1260. The van der Waals surface area contributed by atoms with Crippen LogP contribution in [0.5, 0.6) is 0 Å². The molecule has 0 saturated carbocycles. The maximum absolute atomic E-state index is 10.9. The van der Waals surface area contributed by atoms with Gasteiger partial charge in [0.25, 0.3) is 0 Å². The van der Waals surface area contributed by atoms with Crippen molar-refractivity contribution in [3.05, 3.63) is 81.4 Å². The van der Waals surface area contributed by atoms with E-state index in [2.05, 4.69) is 20.1 Å².